The van der Waals surface area contributed by atoms with Crippen LogP contribution in [0.3, 0.4) is 0 Å². The molecular weight excluding hydrogens is 282 g/mol. The molecule has 0 aliphatic carbocycles. The Morgan fingerprint density at radius 1 is 1.23 bits per heavy atom. The maximum Gasteiger partial charge on any atom is 0.411 e. The number of hydrogen-bond acceptors (Lipinski definition) is 4. The highest BCUT2D eigenvalue weighted by molar-refractivity contribution is 5.91. The first-order valence-electron chi connectivity index (χ1n) is 7.48. The Morgan fingerprint density at radius 3 is 2.77 bits per heavy atom. The predicted octanol–water partition coefficient (Wildman–Crippen LogP) is 2.24. The van der Waals surface area contributed by atoms with Crippen LogP contribution in [0.5, 0.6) is 0 Å². The van der Waals surface area contributed by atoms with Gasteiger partial charge in [0.15, 0.2) is 5.78 Å². The molecule has 0 aromatic heterocycles. The number of hydrogen-bond donors (Lipinski definition) is 0. The third-order valence-electron chi connectivity index (χ3n) is 4.67. The van der Waals surface area contributed by atoms with Crippen LogP contribution in [0.2, 0.25) is 0 Å². The lowest BCUT2D eigenvalue weighted by Gasteiger charge is -2.42. The molecule has 1 aromatic rings. The molecular formula is C17H17NO4. The monoisotopic (exact) mass is 299 g/mol. The van der Waals surface area contributed by atoms with E-state index in [1.54, 1.807) is 4.90 Å². The van der Waals surface area contributed by atoms with Crippen LogP contribution in [0.15, 0.2) is 42.5 Å². The average molecular weight is 299 g/mol. The van der Waals surface area contributed by atoms with Gasteiger partial charge in [-0.1, -0.05) is 42.5 Å². The zero-order valence-corrected chi connectivity index (χ0v) is 12.3. The van der Waals surface area contributed by atoms with E-state index in [9.17, 15) is 9.59 Å². The molecule has 2 saturated heterocycles. The SMILES string of the molecule is C[C@]12C=C[C@H](CC(=O)C1N1C(=O)OC[C@H]1c1ccccc1)O2. The molecule has 0 N–H and O–H groups in total. The van der Waals surface area contributed by atoms with Gasteiger partial charge in [0.2, 0.25) is 0 Å². The van der Waals surface area contributed by atoms with E-state index >= 15 is 0 Å². The number of amides is 1. The van der Waals surface area contributed by atoms with Gasteiger partial charge in [-0.2, -0.15) is 0 Å². The van der Waals surface area contributed by atoms with E-state index in [4.69, 9.17) is 9.47 Å². The molecule has 2 bridgehead atoms. The summed E-state index contributed by atoms with van der Waals surface area (Å²) in [5.41, 5.74) is 0.199. The fourth-order valence-electron chi connectivity index (χ4n) is 3.68. The summed E-state index contributed by atoms with van der Waals surface area (Å²) in [7, 11) is 0. The molecule has 1 aromatic carbocycles. The molecule has 4 rings (SSSR count). The molecule has 1 unspecified atom stereocenters. The summed E-state index contributed by atoms with van der Waals surface area (Å²) in [5, 5.41) is 0. The number of carbonyl (C=O) groups excluding carboxylic acids is 2. The lowest BCUT2D eigenvalue weighted by Crippen LogP contribution is -2.59. The van der Waals surface area contributed by atoms with Crippen molar-refractivity contribution < 1.29 is 19.1 Å². The normalized spacial score (nSPS) is 36.8. The zero-order valence-electron chi connectivity index (χ0n) is 12.3. The largest absolute Gasteiger partial charge is 0.447 e. The van der Waals surface area contributed by atoms with E-state index in [-0.39, 0.29) is 24.5 Å². The topological polar surface area (TPSA) is 55.8 Å². The summed E-state index contributed by atoms with van der Waals surface area (Å²) in [4.78, 5) is 26.5. The minimum absolute atomic E-state index is 0.0310. The van der Waals surface area contributed by atoms with Crippen molar-refractivity contribution in [1.82, 2.24) is 4.90 Å². The van der Waals surface area contributed by atoms with Crippen LogP contribution in [0.1, 0.15) is 24.9 Å². The van der Waals surface area contributed by atoms with E-state index in [0.717, 1.165) is 5.56 Å². The number of benzene rings is 1. The van der Waals surface area contributed by atoms with Gasteiger partial charge in [-0.25, -0.2) is 4.79 Å². The van der Waals surface area contributed by atoms with Crippen LogP contribution < -0.4 is 0 Å². The van der Waals surface area contributed by atoms with Crippen molar-refractivity contribution in [3.05, 3.63) is 48.0 Å². The Bertz CT molecular complexity index is 656. The van der Waals surface area contributed by atoms with E-state index in [2.05, 4.69) is 0 Å². The van der Waals surface area contributed by atoms with Gasteiger partial charge >= 0.3 is 6.09 Å². The summed E-state index contributed by atoms with van der Waals surface area (Å²) in [5.74, 6) is 0.0310. The Kier molecular flexibility index (Phi) is 2.87. The van der Waals surface area contributed by atoms with Crippen LogP contribution in [0.4, 0.5) is 4.79 Å². The van der Waals surface area contributed by atoms with Gasteiger partial charge in [0, 0.05) is 6.42 Å². The molecule has 5 heteroatoms. The number of nitrogens with zero attached hydrogens (tertiary/aromatic N) is 1. The average Bonchev–Trinajstić information content (AvgIpc) is 3.02. The number of rotatable bonds is 2. The Hall–Kier alpha value is -2.14. The number of carbonyl (C=O) groups is 2. The van der Waals surface area contributed by atoms with Crippen molar-refractivity contribution in [2.75, 3.05) is 6.61 Å². The van der Waals surface area contributed by atoms with Crippen molar-refractivity contribution in [2.45, 2.75) is 37.1 Å². The van der Waals surface area contributed by atoms with Crippen LogP contribution in [-0.4, -0.2) is 41.1 Å². The van der Waals surface area contributed by atoms with E-state index in [0.29, 0.717) is 6.42 Å². The molecule has 22 heavy (non-hydrogen) atoms. The molecule has 3 heterocycles. The van der Waals surface area contributed by atoms with E-state index in [1.165, 1.54) is 0 Å². The lowest BCUT2D eigenvalue weighted by molar-refractivity contribution is -0.149. The molecule has 5 nitrogen and oxygen atoms in total. The molecule has 3 aliphatic rings. The third kappa shape index (κ3) is 1.89. The van der Waals surface area contributed by atoms with Gasteiger partial charge < -0.3 is 9.47 Å². The Labute approximate surface area is 128 Å². The highest BCUT2D eigenvalue weighted by Gasteiger charge is 2.55. The number of Topliss-reactive ketones (excluding diaryl/α,β-unsaturated/α-hetero) is 1. The van der Waals surface area contributed by atoms with Gasteiger partial charge in [-0.3, -0.25) is 9.69 Å². The van der Waals surface area contributed by atoms with Crippen molar-refractivity contribution >= 4 is 11.9 Å². The number of ketones is 1. The second-order valence-electron chi connectivity index (χ2n) is 6.18. The number of cyclic esters (lactones) is 1. The van der Waals surface area contributed by atoms with Gasteiger partial charge in [0.05, 0.1) is 12.1 Å². The third-order valence-corrected chi connectivity index (χ3v) is 4.67. The molecule has 0 radical (unpaired) electrons. The summed E-state index contributed by atoms with van der Waals surface area (Å²) in [6.07, 6.45) is 3.51. The quantitative estimate of drug-likeness (QED) is 0.786. The minimum Gasteiger partial charge on any atom is -0.447 e. The van der Waals surface area contributed by atoms with Crippen LogP contribution in [0.25, 0.3) is 0 Å². The summed E-state index contributed by atoms with van der Waals surface area (Å²) in [6, 6.07) is 8.76. The van der Waals surface area contributed by atoms with Crippen molar-refractivity contribution in [3.8, 4) is 0 Å². The summed E-state index contributed by atoms with van der Waals surface area (Å²) in [6.45, 7) is 2.12. The molecule has 0 saturated carbocycles. The second kappa shape index (κ2) is 4.68. The number of fused-ring (bicyclic) bond motifs is 2. The fourth-order valence-corrected chi connectivity index (χ4v) is 3.68. The second-order valence-corrected chi connectivity index (χ2v) is 6.18. The maximum absolute atomic E-state index is 12.6. The highest BCUT2D eigenvalue weighted by atomic mass is 16.6. The van der Waals surface area contributed by atoms with Gasteiger partial charge in [-0.15, -0.1) is 0 Å². The van der Waals surface area contributed by atoms with Gasteiger partial charge in [0.1, 0.15) is 18.2 Å². The van der Waals surface area contributed by atoms with E-state index < -0.39 is 17.7 Å². The van der Waals surface area contributed by atoms with Crippen LogP contribution in [-0.2, 0) is 14.3 Å². The maximum atomic E-state index is 12.6. The lowest BCUT2D eigenvalue weighted by atomic mass is 9.88. The Morgan fingerprint density at radius 2 is 2.00 bits per heavy atom. The van der Waals surface area contributed by atoms with Crippen LogP contribution in [0, 0.1) is 0 Å². The first kappa shape index (κ1) is 13.5. The molecule has 0 spiro atoms. The zero-order chi connectivity index (χ0) is 15.3. The first-order chi connectivity index (χ1) is 10.6. The van der Waals surface area contributed by atoms with Crippen molar-refractivity contribution in [1.29, 1.82) is 0 Å². The fraction of sp³-hybridized carbons (Fsp3) is 0.412. The minimum atomic E-state index is -0.767. The molecule has 1 amide bonds. The smallest absolute Gasteiger partial charge is 0.411 e. The molecule has 3 aliphatic heterocycles. The van der Waals surface area contributed by atoms with E-state index in [1.807, 2.05) is 49.4 Å². The molecule has 114 valence electrons. The summed E-state index contributed by atoms with van der Waals surface area (Å²) >= 11 is 0. The van der Waals surface area contributed by atoms with Crippen molar-refractivity contribution in [2.24, 2.45) is 0 Å². The van der Waals surface area contributed by atoms with Gasteiger partial charge in [-0.05, 0) is 12.5 Å². The highest BCUT2D eigenvalue weighted by Crippen LogP contribution is 2.41. The van der Waals surface area contributed by atoms with Crippen molar-refractivity contribution in [3.63, 3.8) is 0 Å². The van der Waals surface area contributed by atoms with Crippen LogP contribution >= 0.6 is 0 Å². The predicted molar refractivity (Wildman–Crippen MR) is 78.2 cm³/mol. The molecule has 2 fully saturated rings. The summed E-state index contributed by atoms with van der Waals surface area (Å²) < 4.78 is 11.2. The standard InChI is InChI=1S/C17H17NO4/c1-17-8-7-12(22-17)9-14(19)15(17)18-13(10-21-16(18)20)11-5-3-2-4-6-11/h2-8,12-13,15H,9-10H2,1H3/t12-,13+,15?,17+/m1/s1. The van der Waals surface area contributed by atoms with Gasteiger partial charge in [0.25, 0.3) is 0 Å². The Balaban J connectivity index is 1.74. The number of ether oxygens (including phenoxy) is 2. The molecule has 4 atom stereocenters. The first-order valence-corrected chi connectivity index (χ1v) is 7.48.